The number of nitro benzene ring substituents is 1. The third kappa shape index (κ3) is 4.21. The summed E-state index contributed by atoms with van der Waals surface area (Å²) >= 11 is 0. The first-order valence-corrected chi connectivity index (χ1v) is 9.53. The first kappa shape index (κ1) is 19.6. The molecule has 148 valence electrons. The molecule has 1 amide bonds. The van der Waals surface area contributed by atoms with Crippen molar-refractivity contribution in [2.75, 3.05) is 49.1 Å². The average molecular weight is 383 g/mol. The van der Waals surface area contributed by atoms with Gasteiger partial charge in [0.15, 0.2) is 0 Å². The molecule has 1 fully saturated rings. The van der Waals surface area contributed by atoms with Crippen LogP contribution in [-0.4, -0.2) is 60.0 Å². The summed E-state index contributed by atoms with van der Waals surface area (Å²) < 4.78 is 0. The molecule has 1 aromatic heterocycles. The van der Waals surface area contributed by atoms with Crippen LogP contribution in [0.4, 0.5) is 17.2 Å². The molecule has 1 saturated heterocycles. The fourth-order valence-electron chi connectivity index (χ4n) is 3.38. The lowest BCUT2D eigenvalue weighted by Crippen LogP contribution is -2.48. The second kappa shape index (κ2) is 8.69. The third-order valence-corrected chi connectivity index (χ3v) is 5.07. The summed E-state index contributed by atoms with van der Waals surface area (Å²) in [5, 5.41) is 10.8. The summed E-state index contributed by atoms with van der Waals surface area (Å²) in [5.74, 6) is 0.867. The van der Waals surface area contributed by atoms with E-state index >= 15 is 0 Å². The molecule has 0 bridgehead atoms. The van der Waals surface area contributed by atoms with E-state index in [0.717, 1.165) is 24.6 Å². The maximum absolute atomic E-state index is 12.8. The molecule has 2 aromatic rings. The second-order valence-electron chi connectivity index (χ2n) is 6.63. The molecule has 0 saturated carbocycles. The van der Waals surface area contributed by atoms with Crippen molar-refractivity contribution in [2.45, 2.75) is 13.8 Å². The number of carbonyl (C=O) groups is 1. The van der Waals surface area contributed by atoms with Crippen molar-refractivity contribution in [3.63, 3.8) is 0 Å². The molecule has 0 atom stereocenters. The number of rotatable bonds is 6. The number of anilines is 2. The number of carbonyl (C=O) groups excluding carboxylic acids is 1. The van der Waals surface area contributed by atoms with Crippen molar-refractivity contribution in [1.29, 1.82) is 0 Å². The van der Waals surface area contributed by atoms with E-state index in [0.29, 0.717) is 31.7 Å². The number of piperazine rings is 1. The van der Waals surface area contributed by atoms with E-state index in [2.05, 4.69) is 28.6 Å². The summed E-state index contributed by atoms with van der Waals surface area (Å²) in [6, 6.07) is 10.3. The fraction of sp³-hybridized carbons (Fsp3) is 0.400. The number of nitrogens with zero attached hydrogens (tertiary/aromatic N) is 5. The fourth-order valence-corrected chi connectivity index (χ4v) is 3.38. The van der Waals surface area contributed by atoms with Crippen LogP contribution in [-0.2, 0) is 0 Å². The van der Waals surface area contributed by atoms with Gasteiger partial charge in [0.05, 0.1) is 10.5 Å². The number of pyridine rings is 1. The molecule has 1 aliphatic heterocycles. The average Bonchev–Trinajstić information content (AvgIpc) is 2.75. The number of aromatic nitrogens is 1. The molecular formula is C20H25N5O3. The highest BCUT2D eigenvalue weighted by atomic mass is 16.6. The maximum atomic E-state index is 12.8. The van der Waals surface area contributed by atoms with Crippen molar-refractivity contribution in [2.24, 2.45) is 0 Å². The number of nitro groups is 1. The third-order valence-electron chi connectivity index (χ3n) is 5.07. The minimum Gasteiger partial charge on any atom is -0.368 e. The lowest BCUT2D eigenvalue weighted by Gasteiger charge is -2.36. The van der Waals surface area contributed by atoms with Gasteiger partial charge in [0.2, 0.25) is 0 Å². The van der Waals surface area contributed by atoms with E-state index < -0.39 is 4.92 Å². The first-order chi connectivity index (χ1) is 13.5. The lowest BCUT2D eigenvalue weighted by atomic mass is 10.2. The molecule has 0 aliphatic carbocycles. The van der Waals surface area contributed by atoms with Gasteiger partial charge in [-0.05, 0) is 38.1 Å². The maximum Gasteiger partial charge on any atom is 0.269 e. The zero-order valence-electron chi connectivity index (χ0n) is 16.2. The molecule has 1 aromatic carbocycles. The zero-order chi connectivity index (χ0) is 20.1. The summed E-state index contributed by atoms with van der Waals surface area (Å²) in [5.41, 5.74) is 1.61. The normalized spacial score (nSPS) is 14.1. The monoisotopic (exact) mass is 383 g/mol. The highest BCUT2D eigenvalue weighted by Gasteiger charge is 2.23. The topological polar surface area (TPSA) is 82.8 Å². The molecule has 8 nitrogen and oxygen atoms in total. The highest BCUT2D eigenvalue weighted by molar-refractivity contribution is 5.94. The van der Waals surface area contributed by atoms with E-state index in [4.69, 9.17) is 0 Å². The zero-order valence-corrected chi connectivity index (χ0v) is 16.2. The van der Waals surface area contributed by atoms with Crippen molar-refractivity contribution >= 4 is 23.1 Å². The van der Waals surface area contributed by atoms with Gasteiger partial charge in [-0.3, -0.25) is 14.9 Å². The van der Waals surface area contributed by atoms with Gasteiger partial charge >= 0.3 is 0 Å². The minimum absolute atomic E-state index is 0.0121. The van der Waals surface area contributed by atoms with Gasteiger partial charge in [0, 0.05) is 63.3 Å². The van der Waals surface area contributed by atoms with Crippen LogP contribution in [0.25, 0.3) is 0 Å². The highest BCUT2D eigenvalue weighted by Crippen LogP contribution is 2.21. The van der Waals surface area contributed by atoms with E-state index in [1.165, 1.54) is 12.1 Å². The standard InChI is InChI=1S/C20H25N5O3/c1-3-22(4-2)19-10-5-16(15-21-19)20(26)24-13-11-23(12-14-24)17-6-8-18(9-7-17)25(27)28/h5-10,15H,3-4,11-14H2,1-2H3. The van der Waals surface area contributed by atoms with Gasteiger partial charge in [-0.2, -0.15) is 0 Å². The Bertz CT molecular complexity index is 811. The van der Waals surface area contributed by atoms with Crippen LogP contribution in [0.5, 0.6) is 0 Å². The van der Waals surface area contributed by atoms with E-state index in [-0.39, 0.29) is 11.6 Å². The lowest BCUT2D eigenvalue weighted by molar-refractivity contribution is -0.384. The quantitative estimate of drug-likeness (QED) is 0.563. The molecule has 28 heavy (non-hydrogen) atoms. The molecule has 0 radical (unpaired) electrons. The van der Waals surface area contributed by atoms with Crippen molar-refractivity contribution in [3.8, 4) is 0 Å². The number of non-ortho nitro benzene ring substituents is 1. The summed E-state index contributed by atoms with van der Waals surface area (Å²) in [7, 11) is 0. The van der Waals surface area contributed by atoms with Crippen LogP contribution in [0.1, 0.15) is 24.2 Å². The van der Waals surface area contributed by atoms with Crippen molar-refractivity contribution in [1.82, 2.24) is 9.88 Å². The molecular weight excluding hydrogens is 358 g/mol. The first-order valence-electron chi connectivity index (χ1n) is 9.53. The Morgan fingerprint density at radius 1 is 1.07 bits per heavy atom. The van der Waals surface area contributed by atoms with Gasteiger partial charge in [0.25, 0.3) is 11.6 Å². The van der Waals surface area contributed by atoms with Crippen LogP contribution in [0.2, 0.25) is 0 Å². The second-order valence-corrected chi connectivity index (χ2v) is 6.63. The number of hydrogen-bond acceptors (Lipinski definition) is 6. The Kier molecular flexibility index (Phi) is 6.08. The van der Waals surface area contributed by atoms with Crippen molar-refractivity contribution in [3.05, 3.63) is 58.3 Å². The Balaban J connectivity index is 1.59. The van der Waals surface area contributed by atoms with Gasteiger partial charge in [-0.15, -0.1) is 0 Å². The van der Waals surface area contributed by atoms with E-state index in [1.807, 2.05) is 17.0 Å². The van der Waals surface area contributed by atoms with Crippen LogP contribution in [0, 0.1) is 10.1 Å². The molecule has 0 N–H and O–H groups in total. The predicted octanol–water partition coefficient (Wildman–Crippen LogP) is 2.80. The van der Waals surface area contributed by atoms with Crippen LogP contribution < -0.4 is 9.80 Å². The molecule has 2 heterocycles. The summed E-state index contributed by atoms with van der Waals surface area (Å²) in [6.07, 6.45) is 1.65. The van der Waals surface area contributed by atoms with Gasteiger partial charge in [-0.25, -0.2) is 4.98 Å². The minimum atomic E-state index is -0.403. The summed E-state index contributed by atoms with van der Waals surface area (Å²) in [4.78, 5) is 33.7. The Labute approximate surface area is 164 Å². The van der Waals surface area contributed by atoms with E-state index in [1.54, 1.807) is 18.3 Å². The molecule has 1 aliphatic rings. The summed E-state index contributed by atoms with van der Waals surface area (Å²) in [6.45, 7) is 8.50. The number of benzene rings is 1. The van der Waals surface area contributed by atoms with E-state index in [9.17, 15) is 14.9 Å². The Hall–Kier alpha value is -3.16. The largest absolute Gasteiger partial charge is 0.368 e. The van der Waals surface area contributed by atoms with Crippen molar-refractivity contribution < 1.29 is 9.72 Å². The Morgan fingerprint density at radius 3 is 2.21 bits per heavy atom. The van der Waals surface area contributed by atoms with Crippen LogP contribution in [0.3, 0.4) is 0 Å². The SMILES string of the molecule is CCN(CC)c1ccc(C(=O)N2CCN(c3ccc([N+](=O)[O-])cc3)CC2)cn1. The molecule has 0 unspecified atom stereocenters. The molecule has 3 rings (SSSR count). The molecule has 0 spiro atoms. The number of hydrogen-bond donors (Lipinski definition) is 0. The van der Waals surface area contributed by atoms with Crippen LogP contribution in [0.15, 0.2) is 42.6 Å². The van der Waals surface area contributed by atoms with Gasteiger partial charge < -0.3 is 14.7 Å². The smallest absolute Gasteiger partial charge is 0.269 e. The Morgan fingerprint density at radius 2 is 1.71 bits per heavy atom. The van der Waals surface area contributed by atoms with Gasteiger partial charge in [-0.1, -0.05) is 0 Å². The number of amides is 1. The molecule has 8 heteroatoms. The van der Waals surface area contributed by atoms with Gasteiger partial charge in [0.1, 0.15) is 5.82 Å². The van der Waals surface area contributed by atoms with Crippen LogP contribution >= 0.6 is 0 Å². The predicted molar refractivity (Wildman–Crippen MR) is 109 cm³/mol.